The van der Waals surface area contributed by atoms with E-state index in [0.29, 0.717) is 18.9 Å². The fourth-order valence-corrected chi connectivity index (χ4v) is 1.80. The standard InChI is InChI=1S/C14H18F2N2O5/c1-8(2)4-5-17-13(19)9-6-11(22-3)12(23-14(15)16)7-10(9)18(20)21/h6-8,14H,4-5H2,1-3H3,(H,17,19). The van der Waals surface area contributed by atoms with Gasteiger partial charge in [-0.3, -0.25) is 14.9 Å². The summed E-state index contributed by atoms with van der Waals surface area (Å²) in [5.74, 6) is -1.03. The van der Waals surface area contributed by atoms with E-state index in [1.807, 2.05) is 13.8 Å². The van der Waals surface area contributed by atoms with Gasteiger partial charge in [-0.05, 0) is 12.3 Å². The van der Waals surface area contributed by atoms with Gasteiger partial charge in [0.25, 0.3) is 11.6 Å². The number of rotatable bonds is 8. The first kappa shape index (κ1) is 18.6. The number of methoxy groups -OCH3 is 1. The summed E-state index contributed by atoms with van der Waals surface area (Å²) < 4.78 is 33.7. The Bertz CT molecular complexity index is 579. The summed E-state index contributed by atoms with van der Waals surface area (Å²) in [6.07, 6.45) is 0.698. The highest BCUT2D eigenvalue weighted by Gasteiger charge is 2.25. The van der Waals surface area contributed by atoms with E-state index in [9.17, 15) is 23.7 Å². The van der Waals surface area contributed by atoms with Gasteiger partial charge in [-0.25, -0.2) is 0 Å². The molecular weight excluding hydrogens is 314 g/mol. The molecule has 9 heteroatoms. The van der Waals surface area contributed by atoms with Crippen LogP contribution in [0.3, 0.4) is 0 Å². The van der Waals surface area contributed by atoms with Gasteiger partial charge in [-0.1, -0.05) is 13.8 Å². The first-order valence-corrected chi connectivity index (χ1v) is 6.85. The van der Waals surface area contributed by atoms with Crippen LogP contribution in [0.25, 0.3) is 0 Å². The van der Waals surface area contributed by atoms with Crippen molar-refractivity contribution in [3.05, 3.63) is 27.8 Å². The van der Waals surface area contributed by atoms with Crippen LogP contribution >= 0.6 is 0 Å². The van der Waals surface area contributed by atoms with Crippen molar-refractivity contribution >= 4 is 11.6 Å². The minimum Gasteiger partial charge on any atom is -0.493 e. The van der Waals surface area contributed by atoms with Gasteiger partial charge in [0.1, 0.15) is 5.56 Å². The first-order chi connectivity index (χ1) is 10.8. The summed E-state index contributed by atoms with van der Waals surface area (Å²) in [6, 6.07) is 1.77. The monoisotopic (exact) mass is 332 g/mol. The van der Waals surface area contributed by atoms with Crippen LogP contribution in [0.1, 0.15) is 30.6 Å². The van der Waals surface area contributed by atoms with Crippen LogP contribution in [-0.2, 0) is 0 Å². The Kier molecular flexibility index (Phi) is 6.67. The van der Waals surface area contributed by atoms with Gasteiger partial charge in [0.05, 0.1) is 18.1 Å². The smallest absolute Gasteiger partial charge is 0.387 e. The van der Waals surface area contributed by atoms with Crippen molar-refractivity contribution in [2.24, 2.45) is 5.92 Å². The lowest BCUT2D eigenvalue weighted by atomic mass is 10.1. The number of amides is 1. The Morgan fingerprint density at radius 2 is 2.00 bits per heavy atom. The third-order valence-electron chi connectivity index (χ3n) is 2.95. The van der Waals surface area contributed by atoms with Crippen LogP contribution in [0.5, 0.6) is 11.5 Å². The number of carbonyl (C=O) groups excluding carboxylic acids is 1. The Labute approximate surface area is 131 Å². The highest BCUT2D eigenvalue weighted by Crippen LogP contribution is 2.35. The van der Waals surface area contributed by atoms with Gasteiger partial charge < -0.3 is 14.8 Å². The fraction of sp³-hybridized carbons (Fsp3) is 0.500. The van der Waals surface area contributed by atoms with Gasteiger partial charge in [0.2, 0.25) is 0 Å². The predicted molar refractivity (Wildman–Crippen MR) is 78.1 cm³/mol. The second-order valence-electron chi connectivity index (χ2n) is 5.09. The van der Waals surface area contributed by atoms with E-state index in [1.165, 1.54) is 7.11 Å². The summed E-state index contributed by atoms with van der Waals surface area (Å²) in [5, 5.41) is 13.6. The van der Waals surface area contributed by atoms with Crippen LogP contribution in [0.2, 0.25) is 0 Å². The predicted octanol–water partition coefficient (Wildman–Crippen LogP) is 2.98. The number of benzene rings is 1. The van der Waals surface area contributed by atoms with E-state index in [0.717, 1.165) is 12.1 Å². The molecule has 0 spiro atoms. The Balaban J connectivity index is 3.14. The quantitative estimate of drug-likeness (QED) is 0.584. The summed E-state index contributed by atoms with van der Waals surface area (Å²) in [6.45, 7) is 1.10. The van der Waals surface area contributed by atoms with Crippen molar-refractivity contribution in [3.8, 4) is 11.5 Å². The van der Waals surface area contributed by atoms with Crippen LogP contribution in [0.15, 0.2) is 12.1 Å². The number of nitrogens with zero attached hydrogens (tertiary/aromatic N) is 1. The summed E-state index contributed by atoms with van der Waals surface area (Å²) in [4.78, 5) is 22.3. The van der Waals surface area contributed by atoms with Crippen molar-refractivity contribution in [1.29, 1.82) is 0 Å². The summed E-state index contributed by atoms with van der Waals surface area (Å²) >= 11 is 0. The van der Waals surface area contributed by atoms with Crippen LogP contribution in [0.4, 0.5) is 14.5 Å². The van der Waals surface area contributed by atoms with Crippen molar-refractivity contribution in [3.63, 3.8) is 0 Å². The van der Waals surface area contributed by atoms with E-state index in [-0.39, 0.29) is 11.3 Å². The number of nitro benzene ring substituents is 1. The molecule has 0 aliphatic heterocycles. The van der Waals surface area contributed by atoms with E-state index in [2.05, 4.69) is 10.1 Å². The molecule has 1 aromatic carbocycles. The molecule has 128 valence electrons. The summed E-state index contributed by atoms with van der Waals surface area (Å²) in [5.41, 5.74) is -0.916. The topological polar surface area (TPSA) is 90.7 Å². The molecule has 0 unspecified atom stereocenters. The molecule has 0 aliphatic rings. The molecular formula is C14H18F2N2O5. The minimum atomic E-state index is -3.17. The lowest BCUT2D eigenvalue weighted by Crippen LogP contribution is -2.26. The van der Waals surface area contributed by atoms with Crippen molar-refractivity contribution < 1.29 is 28.0 Å². The molecule has 0 saturated heterocycles. The summed E-state index contributed by atoms with van der Waals surface area (Å²) in [7, 11) is 1.18. The normalized spacial score (nSPS) is 10.7. The maximum absolute atomic E-state index is 12.3. The minimum absolute atomic E-state index is 0.190. The molecule has 0 saturated carbocycles. The third kappa shape index (κ3) is 5.35. The van der Waals surface area contributed by atoms with Crippen molar-refractivity contribution in [2.75, 3.05) is 13.7 Å². The zero-order valence-corrected chi connectivity index (χ0v) is 13.0. The number of ether oxygens (including phenoxy) is 2. The molecule has 0 radical (unpaired) electrons. The largest absolute Gasteiger partial charge is 0.493 e. The molecule has 0 fully saturated rings. The van der Waals surface area contributed by atoms with Crippen LogP contribution in [0, 0.1) is 16.0 Å². The Morgan fingerprint density at radius 1 is 1.35 bits per heavy atom. The van der Waals surface area contributed by atoms with Gasteiger partial charge in [0, 0.05) is 12.6 Å². The maximum atomic E-state index is 12.3. The second-order valence-corrected chi connectivity index (χ2v) is 5.09. The SMILES string of the molecule is COc1cc(C(=O)NCCC(C)C)c([N+](=O)[O-])cc1OC(F)F. The number of nitro groups is 1. The van der Waals surface area contributed by atoms with Crippen molar-refractivity contribution in [2.45, 2.75) is 26.9 Å². The first-order valence-electron chi connectivity index (χ1n) is 6.85. The maximum Gasteiger partial charge on any atom is 0.387 e. The van der Waals surface area contributed by atoms with Gasteiger partial charge in [0.15, 0.2) is 11.5 Å². The number of nitrogens with one attached hydrogen (secondary N) is 1. The molecule has 1 N–H and O–H groups in total. The van der Waals surface area contributed by atoms with Gasteiger partial charge in [-0.2, -0.15) is 8.78 Å². The molecule has 0 aliphatic carbocycles. The molecule has 1 amide bonds. The zero-order chi connectivity index (χ0) is 17.6. The van der Waals surface area contributed by atoms with E-state index in [1.54, 1.807) is 0 Å². The molecule has 1 aromatic rings. The molecule has 0 heterocycles. The zero-order valence-electron chi connectivity index (χ0n) is 13.0. The average molecular weight is 332 g/mol. The molecule has 0 atom stereocenters. The Hall–Kier alpha value is -2.45. The van der Waals surface area contributed by atoms with Crippen molar-refractivity contribution in [1.82, 2.24) is 5.32 Å². The van der Waals surface area contributed by atoms with Crippen LogP contribution in [-0.4, -0.2) is 31.1 Å². The number of hydrogen-bond acceptors (Lipinski definition) is 5. The number of carbonyl (C=O) groups is 1. The second kappa shape index (κ2) is 8.25. The fourth-order valence-electron chi connectivity index (χ4n) is 1.80. The molecule has 23 heavy (non-hydrogen) atoms. The molecule has 7 nitrogen and oxygen atoms in total. The Morgan fingerprint density at radius 3 is 2.48 bits per heavy atom. The number of hydrogen-bond donors (Lipinski definition) is 1. The number of alkyl halides is 2. The average Bonchev–Trinajstić information content (AvgIpc) is 2.45. The highest BCUT2D eigenvalue weighted by atomic mass is 19.3. The molecule has 0 aromatic heterocycles. The highest BCUT2D eigenvalue weighted by molar-refractivity contribution is 5.99. The lowest BCUT2D eigenvalue weighted by Gasteiger charge is -2.12. The number of halogens is 2. The van der Waals surface area contributed by atoms with E-state index < -0.39 is 28.9 Å². The van der Waals surface area contributed by atoms with E-state index in [4.69, 9.17) is 4.74 Å². The molecule has 1 rings (SSSR count). The third-order valence-corrected chi connectivity index (χ3v) is 2.95. The molecule has 0 bridgehead atoms. The van der Waals surface area contributed by atoms with Crippen LogP contribution < -0.4 is 14.8 Å². The van der Waals surface area contributed by atoms with Gasteiger partial charge >= 0.3 is 6.61 Å². The van der Waals surface area contributed by atoms with E-state index >= 15 is 0 Å². The van der Waals surface area contributed by atoms with Gasteiger partial charge in [-0.15, -0.1) is 0 Å². The lowest BCUT2D eigenvalue weighted by molar-refractivity contribution is -0.385.